The van der Waals surface area contributed by atoms with Crippen LogP contribution < -0.4 is 10.5 Å². The van der Waals surface area contributed by atoms with Crippen LogP contribution in [0, 0.1) is 0 Å². The van der Waals surface area contributed by atoms with Crippen molar-refractivity contribution < 1.29 is 4.79 Å². The molecule has 0 saturated heterocycles. The molecule has 0 heterocycles. The fourth-order valence-corrected chi connectivity index (χ4v) is 3.72. The van der Waals surface area contributed by atoms with Crippen LogP contribution in [0.5, 0.6) is 0 Å². The molecule has 3 heteroatoms. The highest BCUT2D eigenvalue weighted by atomic mass is 28.3. The summed E-state index contributed by atoms with van der Waals surface area (Å²) in [5.74, 6) is 0.0628. The molecular weight excluding hydrogens is 202 g/mol. The van der Waals surface area contributed by atoms with E-state index < -0.39 is 8.07 Å². The topological polar surface area (TPSA) is 29.1 Å². The Balaban J connectivity index is 2.56. The van der Waals surface area contributed by atoms with E-state index in [2.05, 4.69) is 42.7 Å². The molecule has 0 atom stereocenters. The SMILES string of the molecule is CC(=O)NCC[Si](C)(C)c1ccccc1. The van der Waals surface area contributed by atoms with Crippen LogP contribution in [0.1, 0.15) is 6.92 Å². The third kappa shape index (κ3) is 3.87. The van der Waals surface area contributed by atoms with Crippen LogP contribution in [0.4, 0.5) is 0 Å². The third-order valence-electron chi connectivity index (χ3n) is 2.68. The van der Waals surface area contributed by atoms with Gasteiger partial charge in [0, 0.05) is 13.5 Å². The van der Waals surface area contributed by atoms with Gasteiger partial charge >= 0.3 is 0 Å². The molecule has 82 valence electrons. The summed E-state index contributed by atoms with van der Waals surface area (Å²) in [7, 11) is -1.36. The highest BCUT2D eigenvalue weighted by Gasteiger charge is 2.22. The molecule has 0 bridgehead atoms. The van der Waals surface area contributed by atoms with Gasteiger partial charge in [-0.1, -0.05) is 48.6 Å². The van der Waals surface area contributed by atoms with Gasteiger partial charge in [-0.15, -0.1) is 0 Å². The lowest BCUT2D eigenvalue weighted by Crippen LogP contribution is -2.43. The van der Waals surface area contributed by atoms with E-state index in [0.717, 1.165) is 12.6 Å². The molecule has 15 heavy (non-hydrogen) atoms. The van der Waals surface area contributed by atoms with Crippen LogP contribution >= 0.6 is 0 Å². The lowest BCUT2D eigenvalue weighted by molar-refractivity contribution is -0.118. The zero-order valence-corrected chi connectivity index (χ0v) is 10.7. The van der Waals surface area contributed by atoms with Crippen LogP contribution in [0.15, 0.2) is 30.3 Å². The maximum Gasteiger partial charge on any atom is 0.216 e. The first-order chi connectivity index (χ1) is 7.02. The van der Waals surface area contributed by atoms with Crippen molar-refractivity contribution in [3.05, 3.63) is 30.3 Å². The van der Waals surface area contributed by atoms with Gasteiger partial charge in [0.05, 0.1) is 8.07 Å². The first kappa shape index (κ1) is 12.0. The molecule has 1 aromatic carbocycles. The van der Waals surface area contributed by atoms with Gasteiger partial charge in [0.1, 0.15) is 0 Å². The van der Waals surface area contributed by atoms with Crippen molar-refractivity contribution in [3.63, 3.8) is 0 Å². The van der Waals surface area contributed by atoms with Gasteiger partial charge in [-0.2, -0.15) is 0 Å². The fraction of sp³-hybridized carbons (Fsp3) is 0.417. The Hall–Kier alpha value is -1.09. The second-order valence-corrected chi connectivity index (χ2v) is 9.33. The zero-order valence-electron chi connectivity index (χ0n) is 9.71. The Morgan fingerprint density at radius 2 is 1.87 bits per heavy atom. The van der Waals surface area contributed by atoms with Crippen LogP contribution in [-0.2, 0) is 4.79 Å². The average molecular weight is 221 g/mol. The summed E-state index contributed by atoms with van der Waals surface area (Å²) in [6, 6.07) is 11.7. The standard InChI is InChI=1S/C12H19NOSi/c1-11(14)13-9-10-15(2,3)12-7-5-4-6-8-12/h4-8H,9-10H2,1-3H3,(H,13,14). The number of carbonyl (C=O) groups excluding carboxylic acids is 1. The van der Waals surface area contributed by atoms with Crippen molar-refractivity contribution in [3.8, 4) is 0 Å². The molecule has 1 aromatic rings. The molecule has 0 unspecified atom stereocenters. The average Bonchev–Trinajstić information content (AvgIpc) is 2.18. The van der Waals surface area contributed by atoms with Crippen molar-refractivity contribution in [2.45, 2.75) is 26.1 Å². The Morgan fingerprint density at radius 1 is 1.27 bits per heavy atom. The minimum Gasteiger partial charge on any atom is -0.357 e. The summed E-state index contributed by atoms with van der Waals surface area (Å²) in [6.45, 7) is 7.04. The monoisotopic (exact) mass is 221 g/mol. The van der Waals surface area contributed by atoms with E-state index in [-0.39, 0.29) is 5.91 Å². The van der Waals surface area contributed by atoms with Gasteiger partial charge in [-0.3, -0.25) is 4.79 Å². The Labute approximate surface area is 92.7 Å². The molecule has 1 N–H and O–H groups in total. The van der Waals surface area contributed by atoms with Crippen LogP contribution in [0.25, 0.3) is 0 Å². The maximum absolute atomic E-state index is 10.8. The summed E-state index contributed by atoms with van der Waals surface area (Å²) in [5.41, 5.74) is 0. The minimum atomic E-state index is -1.36. The first-order valence-electron chi connectivity index (χ1n) is 5.32. The number of amides is 1. The molecule has 0 fully saturated rings. The number of nitrogens with one attached hydrogen (secondary N) is 1. The van der Waals surface area contributed by atoms with Crippen LogP contribution in [-0.4, -0.2) is 20.5 Å². The fourth-order valence-electron chi connectivity index (χ4n) is 1.58. The predicted octanol–water partition coefficient (Wildman–Crippen LogP) is 1.74. The lowest BCUT2D eigenvalue weighted by atomic mass is 10.4. The van der Waals surface area contributed by atoms with E-state index in [4.69, 9.17) is 0 Å². The minimum absolute atomic E-state index is 0.0628. The first-order valence-corrected chi connectivity index (χ1v) is 8.53. The summed E-state index contributed by atoms with van der Waals surface area (Å²) in [5, 5.41) is 4.32. The van der Waals surface area contributed by atoms with Crippen molar-refractivity contribution in [2.24, 2.45) is 0 Å². The van der Waals surface area contributed by atoms with E-state index in [1.165, 1.54) is 5.19 Å². The van der Waals surface area contributed by atoms with E-state index in [0.29, 0.717) is 0 Å². The second-order valence-electron chi connectivity index (χ2n) is 4.48. The molecule has 0 aliphatic rings. The van der Waals surface area contributed by atoms with Crippen LogP contribution in [0.2, 0.25) is 19.1 Å². The number of rotatable bonds is 4. The van der Waals surface area contributed by atoms with Crippen molar-refractivity contribution in [2.75, 3.05) is 6.54 Å². The molecule has 0 radical (unpaired) electrons. The molecule has 2 nitrogen and oxygen atoms in total. The van der Waals surface area contributed by atoms with Gasteiger partial charge in [0.2, 0.25) is 5.91 Å². The summed E-state index contributed by atoms with van der Waals surface area (Å²) >= 11 is 0. The largest absolute Gasteiger partial charge is 0.357 e. The van der Waals surface area contributed by atoms with Crippen molar-refractivity contribution in [1.29, 1.82) is 0 Å². The normalized spacial score (nSPS) is 11.1. The number of hydrogen-bond acceptors (Lipinski definition) is 1. The maximum atomic E-state index is 10.8. The van der Waals surface area contributed by atoms with Gasteiger partial charge in [0.15, 0.2) is 0 Å². The highest BCUT2D eigenvalue weighted by molar-refractivity contribution is 6.89. The smallest absolute Gasteiger partial charge is 0.216 e. The molecular formula is C12H19NOSi. The zero-order chi connectivity index (χ0) is 11.3. The quantitative estimate of drug-likeness (QED) is 0.771. The van der Waals surface area contributed by atoms with Crippen molar-refractivity contribution >= 4 is 19.2 Å². The highest BCUT2D eigenvalue weighted by Crippen LogP contribution is 2.08. The van der Waals surface area contributed by atoms with Gasteiger partial charge in [-0.25, -0.2) is 0 Å². The number of benzene rings is 1. The molecule has 0 spiro atoms. The van der Waals surface area contributed by atoms with Gasteiger partial charge < -0.3 is 5.32 Å². The summed E-state index contributed by atoms with van der Waals surface area (Å²) < 4.78 is 0. The third-order valence-corrected chi connectivity index (χ3v) is 6.08. The molecule has 0 aromatic heterocycles. The van der Waals surface area contributed by atoms with Crippen LogP contribution in [0.3, 0.4) is 0 Å². The molecule has 0 aliphatic carbocycles. The summed E-state index contributed by atoms with van der Waals surface area (Å²) in [6.07, 6.45) is 0. The number of hydrogen-bond donors (Lipinski definition) is 1. The molecule has 1 rings (SSSR count). The summed E-state index contributed by atoms with van der Waals surface area (Å²) in [4.78, 5) is 10.8. The Kier molecular flexibility index (Phi) is 4.09. The predicted molar refractivity (Wildman–Crippen MR) is 67.0 cm³/mol. The molecule has 0 saturated carbocycles. The van der Waals surface area contributed by atoms with E-state index in [9.17, 15) is 4.79 Å². The van der Waals surface area contributed by atoms with Gasteiger partial charge in [0.25, 0.3) is 0 Å². The molecule has 0 aliphatic heterocycles. The van der Waals surface area contributed by atoms with E-state index in [1.807, 2.05) is 6.07 Å². The molecule has 1 amide bonds. The Morgan fingerprint density at radius 3 is 2.40 bits per heavy atom. The van der Waals surface area contributed by atoms with Crippen molar-refractivity contribution in [1.82, 2.24) is 5.32 Å². The lowest BCUT2D eigenvalue weighted by Gasteiger charge is -2.22. The van der Waals surface area contributed by atoms with E-state index in [1.54, 1.807) is 6.92 Å². The van der Waals surface area contributed by atoms with Gasteiger partial charge in [-0.05, 0) is 6.04 Å². The van der Waals surface area contributed by atoms with E-state index >= 15 is 0 Å². The second kappa shape index (κ2) is 5.12. The number of carbonyl (C=O) groups is 1. The Bertz CT molecular complexity index is 322.